The predicted octanol–water partition coefficient (Wildman–Crippen LogP) is 1.95. The van der Waals surface area contributed by atoms with Gasteiger partial charge in [0.25, 0.3) is 0 Å². The molecule has 0 heterocycles. The highest BCUT2D eigenvalue weighted by molar-refractivity contribution is 4.44. The lowest BCUT2D eigenvalue weighted by Crippen LogP contribution is -2.24. The van der Waals surface area contributed by atoms with E-state index in [1.54, 1.807) is 0 Å². The Morgan fingerprint density at radius 3 is 1.55 bits per heavy atom. The molecule has 0 aliphatic rings. The fourth-order valence-electron chi connectivity index (χ4n) is 0.379. The third-order valence-electron chi connectivity index (χ3n) is 1.05. The summed E-state index contributed by atoms with van der Waals surface area (Å²) in [5.74, 6) is 0. The summed E-state index contributed by atoms with van der Waals surface area (Å²) in [5.41, 5.74) is 5.26. The lowest BCUT2D eigenvalue weighted by molar-refractivity contribution is 0.363. The van der Waals surface area contributed by atoms with Crippen LogP contribution in [0.25, 0.3) is 0 Å². The average molecular weight is 162 g/mol. The van der Waals surface area contributed by atoms with E-state index >= 15 is 0 Å². The molecule has 0 amide bonds. The van der Waals surface area contributed by atoms with Gasteiger partial charge in [0.2, 0.25) is 0 Å². The maximum atomic E-state index is 5.26. The number of hydrogen-bond donors (Lipinski definition) is 1. The lowest BCUT2D eigenvalue weighted by atomic mass is 10.5. The van der Waals surface area contributed by atoms with Gasteiger partial charge in [0, 0.05) is 13.1 Å². The maximum absolute atomic E-state index is 5.26. The number of rotatable bonds is 3. The summed E-state index contributed by atoms with van der Waals surface area (Å²) >= 11 is 0. The third kappa shape index (κ3) is 25.7. The molecule has 2 N–H and O–H groups in total. The first-order valence-electron chi connectivity index (χ1n) is 4.70. The second kappa shape index (κ2) is 22.5. The second-order valence-corrected chi connectivity index (χ2v) is 1.68. The molecule has 0 aromatic carbocycles. The van der Waals surface area contributed by atoms with Crippen molar-refractivity contribution in [1.82, 2.24) is 4.90 Å². The number of nitrogens with two attached hydrogens (primary N) is 1. The van der Waals surface area contributed by atoms with E-state index in [4.69, 9.17) is 5.73 Å². The van der Waals surface area contributed by atoms with E-state index < -0.39 is 0 Å². The van der Waals surface area contributed by atoms with Crippen LogP contribution in [-0.4, -0.2) is 31.6 Å². The minimum absolute atomic E-state index is 0.768. The highest BCUT2D eigenvalue weighted by Gasteiger charge is 1.86. The smallest absolute Gasteiger partial charge is 0.0101 e. The molecule has 0 bridgehead atoms. The Kier molecular flexibility index (Phi) is 35.1. The number of likely N-dealkylation sites (N-methyl/N-ethyl adjacent to an activating group) is 1. The van der Waals surface area contributed by atoms with Gasteiger partial charge >= 0.3 is 0 Å². The first-order chi connectivity index (χ1) is 5.31. The molecule has 0 fully saturated rings. The molecule has 0 spiro atoms. The van der Waals surface area contributed by atoms with Crippen LogP contribution in [0.4, 0.5) is 0 Å². The van der Waals surface area contributed by atoms with Crippen LogP contribution >= 0.6 is 0 Å². The largest absolute Gasteiger partial charge is 0.329 e. The Morgan fingerprint density at radius 2 is 1.45 bits per heavy atom. The summed E-state index contributed by atoms with van der Waals surface area (Å²) in [6.07, 6.45) is 0. The summed E-state index contributed by atoms with van der Waals surface area (Å²) in [5, 5.41) is 0. The van der Waals surface area contributed by atoms with Crippen LogP contribution in [-0.2, 0) is 0 Å². The normalized spacial score (nSPS) is 7.64. The molecule has 72 valence electrons. The van der Waals surface area contributed by atoms with Crippen molar-refractivity contribution >= 4 is 0 Å². The molecule has 0 rings (SSSR count). The Balaban J connectivity index is -0.000000138. The van der Waals surface area contributed by atoms with Gasteiger partial charge in [-0.2, -0.15) is 0 Å². The molecule has 0 radical (unpaired) electrons. The summed E-state index contributed by atoms with van der Waals surface area (Å²) in [4.78, 5) is 2.18. The predicted molar refractivity (Wildman–Crippen MR) is 54.9 cm³/mol. The molecule has 11 heavy (non-hydrogen) atoms. The Labute approximate surface area is 72.8 Å². The van der Waals surface area contributed by atoms with Crippen molar-refractivity contribution < 1.29 is 0 Å². The van der Waals surface area contributed by atoms with E-state index in [9.17, 15) is 0 Å². The first kappa shape index (κ1) is 17.1. The van der Waals surface area contributed by atoms with Gasteiger partial charge in [0.05, 0.1) is 0 Å². The second-order valence-electron chi connectivity index (χ2n) is 1.68. The molecule has 0 aromatic rings. The van der Waals surface area contributed by atoms with Crippen molar-refractivity contribution in [3.05, 3.63) is 0 Å². The van der Waals surface area contributed by atoms with E-state index in [0.29, 0.717) is 0 Å². The van der Waals surface area contributed by atoms with Crippen molar-refractivity contribution in [3.8, 4) is 0 Å². The van der Waals surface area contributed by atoms with Crippen molar-refractivity contribution in [2.45, 2.75) is 34.6 Å². The van der Waals surface area contributed by atoms with Gasteiger partial charge in [-0.1, -0.05) is 34.6 Å². The highest BCUT2D eigenvalue weighted by Crippen LogP contribution is 1.74. The van der Waals surface area contributed by atoms with Crippen molar-refractivity contribution in [1.29, 1.82) is 0 Å². The molecular weight excluding hydrogens is 136 g/mol. The molecule has 0 unspecified atom stereocenters. The van der Waals surface area contributed by atoms with E-state index in [-0.39, 0.29) is 0 Å². The van der Waals surface area contributed by atoms with E-state index in [2.05, 4.69) is 18.9 Å². The zero-order valence-electron chi connectivity index (χ0n) is 9.15. The van der Waals surface area contributed by atoms with Crippen LogP contribution in [0.15, 0.2) is 0 Å². The third-order valence-corrected chi connectivity index (χ3v) is 1.05. The topological polar surface area (TPSA) is 29.3 Å². The van der Waals surface area contributed by atoms with Gasteiger partial charge < -0.3 is 10.6 Å². The SMILES string of the molecule is CC.CC.CCN(C)CCN. The highest BCUT2D eigenvalue weighted by atomic mass is 15.1. The van der Waals surface area contributed by atoms with Gasteiger partial charge in [-0.25, -0.2) is 0 Å². The zero-order chi connectivity index (χ0) is 9.70. The quantitative estimate of drug-likeness (QED) is 0.687. The molecular formula is C9H26N2. The molecule has 0 aromatic heterocycles. The van der Waals surface area contributed by atoms with Gasteiger partial charge in [-0.15, -0.1) is 0 Å². The van der Waals surface area contributed by atoms with E-state index in [1.165, 1.54) is 0 Å². The Bertz CT molecular complexity index is 38.5. The maximum Gasteiger partial charge on any atom is 0.0101 e. The molecule has 0 saturated carbocycles. The van der Waals surface area contributed by atoms with Crippen LogP contribution in [0.2, 0.25) is 0 Å². The van der Waals surface area contributed by atoms with Crippen LogP contribution < -0.4 is 5.73 Å². The Hall–Kier alpha value is -0.0800. The minimum atomic E-state index is 0.768. The van der Waals surface area contributed by atoms with Gasteiger partial charge in [-0.05, 0) is 13.6 Å². The number of nitrogens with zero attached hydrogens (tertiary/aromatic N) is 1. The average Bonchev–Trinajstić information content (AvgIpc) is 2.12. The van der Waals surface area contributed by atoms with E-state index in [0.717, 1.165) is 19.6 Å². The van der Waals surface area contributed by atoms with Crippen LogP contribution in [0.1, 0.15) is 34.6 Å². The summed E-state index contributed by atoms with van der Waals surface area (Å²) < 4.78 is 0. The van der Waals surface area contributed by atoms with Crippen LogP contribution in [0, 0.1) is 0 Å². The van der Waals surface area contributed by atoms with Gasteiger partial charge in [-0.3, -0.25) is 0 Å². The first-order valence-corrected chi connectivity index (χ1v) is 4.70. The van der Waals surface area contributed by atoms with Crippen LogP contribution in [0.5, 0.6) is 0 Å². The summed E-state index contributed by atoms with van der Waals surface area (Å²) in [6, 6.07) is 0. The van der Waals surface area contributed by atoms with Crippen molar-refractivity contribution in [2.24, 2.45) is 5.73 Å². The Morgan fingerprint density at radius 1 is 1.09 bits per heavy atom. The molecule has 0 aliphatic heterocycles. The fourth-order valence-corrected chi connectivity index (χ4v) is 0.379. The summed E-state index contributed by atoms with van der Waals surface area (Å²) in [6.45, 7) is 13.0. The summed E-state index contributed by atoms with van der Waals surface area (Å²) in [7, 11) is 2.06. The molecule has 2 heteroatoms. The molecule has 0 atom stereocenters. The molecule has 2 nitrogen and oxygen atoms in total. The lowest BCUT2D eigenvalue weighted by Gasteiger charge is -2.10. The van der Waals surface area contributed by atoms with Crippen LogP contribution in [0.3, 0.4) is 0 Å². The fraction of sp³-hybridized carbons (Fsp3) is 1.00. The van der Waals surface area contributed by atoms with Gasteiger partial charge in [0.15, 0.2) is 0 Å². The molecule has 0 saturated heterocycles. The number of hydrogen-bond acceptors (Lipinski definition) is 2. The van der Waals surface area contributed by atoms with Gasteiger partial charge in [0.1, 0.15) is 0 Å². The van der Waals surface area contributed by atoms with Crippen molar-refractivity contribution in [2.75, 3.05) is 26.7 Å². The van der Waals surface area contributed by atoms with E-state index in [1.807, 2.05) is 27.7 Å². The minimum Gasteiger partial charge on any atom is -0.329 e. The monoisotopic (exact) mass is 162 g/mol. The van der Waals surface area contributed by atoms with Crippen molar-refractivity contribution in [3.63, 3.8) is 0 Å². The standard InChI is InChI=1S/C5H14N2.2C2H6/c1-3-7(2)5-4-6;2*1-2/h3-6H2,1-2H3;2*1-2H3. The zero-order valence-corrected chi connectivity index (χ0v) is 9.15. The molecule has 0 aliphatic carbocycles.